The third kappa shape index (κ3) is 4.12. The summed E-state index contributed by atoms with van der Waals surface area (Å²) in [6.45, 7) is 3.98. The van der Waals surface area contributed by atoms with Crippen molar-refractivity contribution in [2.24, 2.45) is 0 Å². The molecule has 0 aliphatic heterocycles. The summed E-state index contributed by atoms with van der Waals surface area (Å²) in [5.74, 6) is 5.19. The molecule has 0 radical (unpaired) electrons. The Morgan fingerprint density at radius 2 is 2.10 bits per heavy atom. The van der Waals surface area contributed by atoms with Gasteiger partial charge in [0.15, 0.2) is 0 Å². The summed E-state index contributed by atoms with van der Waals surface area (Å²) < 4.78 is 0. The summed E-state index contributed by atoms with van der Waals surface area (Å²) >= 11 is 0. The Balaban J connectivity index is 3.09. The number of hydrogen-bond acceptors (Lipinski definition) is 3. The molecule has 104 valence electrons. The fourth-order valence-electron chi connectivity index (χ4n) is 1.83. The summed E-state index contributed by atoms with van der Waals surface area (Å²) in [6.07, 6.45) is 0.300. The molecule has 0 unspecified atom stereocenters. The lowest BCUT2D eigenvalue weighted by Gasteiger charge is -2.26. The molecular weight excluding hydrogens is 252 g/mol. The molecule has 0 aliphatic rings. The van der Waals surface area contributed by atoms with Crippen LogP contribution in [0.15, 0.2) is 24.3 Å². The van der Waals surface area contributed by atoms with E-state index in [2.05, 4.69) is 17.9 Å². The van der Waals surface area contributed by atoms with Crippen molar-refractivity contribution in [2.75, 3.05) is 13.2 Å². The second kappa shape index (κ2) is 7.99. The highest BCUT2D eigenvalue weighted by molar-refractivity contribution is 5.97. The van der Waals surface area contributed by atoms with Crippen molar-refractivity contribution in [1.29, 1.82) is 5.26 Å². The number of nitriles is 1. The summed E-state index contributed by atoms with van der Waals surface area (Å²) in [5, 5.41) is 17.4. The highest BCUT2D eigenvalue weighted by atomic mass is 16.2. The van der Waals surface area contributed by atoms with Gasteiger partial charge in [0, 0.05) is 18.2 Å². The van der Waals surface area contributed by atoms with Gasteiger partial charge in [-0.1, -0.05) is 24.0 Å². The number of aliphatic hydroxyl groups excluding tert-OH is 1. The highest BCUT2D eigenvalue weighted by Crippen LogP contribution is 2.13. The standard InChI is InChI=1S/C16H18N2O2/c1-13(2)18(11-6-10-17)16(20)15-9-4-3-7-14(15)8-5-12-19/h3-4,7,9,13,19H,6,11-12H2,1-2H3. The van der Waals surface area contributed by atoms with Crippen molar-refractivity contribution in [1.82, 2.24) is 4.90 Å². The number of nitrogens with zero attached hydrogens (tertiary/aromatic N) is 2. The van der Waals surface area contributed by atoms with Crippen LogP contribution < -0.4 is 0 Å². The van der Waals surface area contributed by atoms with E-state index in [1.807, 2.05) is 13.8 Å². The van der Waals surface area contributed by atoms with E-state index in [0.29, 0.717) is 24.1 Å². The first kappa shape index (κ1) is 15.8. The number of hydrogen-bond donors (Lipinski definition) is 1. The Kier molecular flexibility index (Phi) is 6.29. The smallest absolute Gasteiger partial charge is 0.255 e. The molecule has 0 atom stereocenters. The van der Waals surface area contributed by atoms with Crippen LogP contribution >= 0.6 is 0 Å². The number of carbonyl (C=O) groups excluding carboxylic acids is 1. The lowest BCUT2D eigenvalue weighted by atomic mass is 10.1. The molecule has 0 spiro atoms. The molecule has 4 nitrogen and oxygen atoms in total. The van der Waals surface area contributed by atoms with Crippen LogP contribution in [0.25, 0.3) is 0 Å². The second-order valence-electron chi connectivity index (χ2n) is 4.51. The van der Waals surface area contributed by atoms with Gasteiger partial charge < -0.3 is 10.0 Å². The van der Waals surface area contributed by atoms with Gasteiger partial charge in [-0.2, -0.15) is 5.26 Å². The Morgan fingerprint density at radius 3 is 2.70 bits per heavy atom. The maximum Gasteiger partial charge on any atom is 0.255 e. The van der Waals surface area contributed by atoms with Crippen molar-refractivity contribution < 1.29 is 9.90 Å². The van der Waals surface area contributed by atoms with Crippen molar-refractivity contribution >= 4 is 5.91 Å². The van der Waals surface area contributed by atoms with E-state index in [0.717, 1.165) is 0 Å². The average Bonchev–Trinajstić information content (AvgIpc) is 2.45. The molecule has 1 rings (SSSR count). The van der Waals surface area contributed by atoms with E-state index in [1.54, 1.807) is 29.2 Å². The lowest BCUT2D eigenvalue weighted by molar-refractivity contribution is 0.0710. The highest BCUT2D eigenvalue weighted by Gasteiger charge is 2.20. The van der Waals surface area contributed by atoms with Crippen LogP contribution in [0.3, 0.4) is 0 Å². The molecule has 1 amide bonds. The molecule has 0 saturated heterocycles. The molecule has 4 heteroatoms. The predicted molar refractivity (Wildman–Crippen MR) is 76.8 cm³/mol. The zero-order valence-corrected chi connectivity index (χ0v) is 11.8. The number of rotatable bonds is 4. The van der Waals surface area contributed by atoms with Crippen LogP contribution in [-0.4, -0.2) is 35.1 Å². The van der Waals surface area contributed by atoms with Gasteiger partial charge in [-0.15, -0.1) is 0 Å². The Labute approximate surface area is 119 Å². The monoisotopic (exact) mass is 270 g/mol. The SMILES string of the molecule is CC(C)N(CCC#N)C(=O)c1ccccc1C#CCO. The van der Waals surface area contributed by atoms with Crippen LogP contribution in [0.4, 0.5) is 0 Å². The van der Waals surface area contributed by atoms with Crippen LogP contribution in [0.2, 0.25) is 0 Å². The number of benzene rings is 1. The zero-order chi connectivity index (χ0) is 15.0. The molecule has 0 aromatic heterocycles. The van der Waals surface area contributed by atoms with E-state index in [1.165, 1.54) is 0 Å². The molecule has 1 aromatic carbocycles. The van der Waals surface area contributed by atoms with Gasteiger partial charge in [0.2, 0.25) is 0 Å². The topological polar surface area (TPSA) is 64.3 Å². The van der Waals surface area contributed by atoms with E-state index in [9.17, 15) is 4.79 Å². The van der Waals surface area contributed by atoms with Gasteiger partial charge in [-0.25, -0.2) is 0 Å². The van der Waals surface area contributed by atoms with Gasteiger partial charge in [-0.05, 0) is 26.0 Å². The van der Waals surface area contributed by atoms with Gasteiger partial charge in [0.05, 0.1) is 18.1 Å². The zero-order valence-electron chi connectivity index (χ0n) is 11.8. The minimum absolute atomic E-state index is 0.00899. The summed E-state index contributed by atoms with van der Waals surface area (Å²) in [6, 6.07) is 9.10. The summed E-state index contributed by atoms with van der Waals surface area (Å²) in [7, 11) is 0. The summed E-state index contributed by atoms with van der Waals surface area (Å²) in [5.41, 5.74) is 1.09. The molecular formula is C16H18N2O2. The van der Waals surface area contributed by atoms with E-state index < -0.39 is 0 Å². The number of aliphatic hydroxyl groups is 1. The molecule has 0 aliphatic carbocycles. The first-order valence-corrected chi connectivity index (χ1v) is 6.48. The molecule has 1 aromatic rings. The Bertz CT molecular complexity index is 562. The van der Waals surface area contributed by atoms with Crippen LogP contribution in [-0.2, 0) is 0 Å². The van der Waals surface area contributed by atoms with E-state index >= 15 is 0 Å². The molecule has 0 heterocycles. The third-order valence-electron chi connectivity index (χ3n) is 2.81. The van der Waals surface area contributed by atoms with Gasteiger partial charge >= 0.3 is 0 Å². The van der Waals surface area contributed by atoms with E-state index in [-0.39, 0.29) is 18.6 Å². The molecule has 0 fully saturated rings. The number of amides is 1. The van der Waals surface area contributed by atoms with Crippen LogP contribution in [0.5, 0.6) is 0 Å². The van der Waals surface area contributed by atoms with Crippen LogP contribution in [0.1, 0.15) is 36.2 Å². The lowest BCUT2D eigenvalue weighted by Crippen LogP contribution is -2.38. The first-order valence-electron chi connectivity index (χ1n) is 6.48. The Hall–Kier alpha value is -2.30. The fraction of sp³-hybridized carbons (Fsp3) is 0.375. The van der Waals surface area contributed by atoms with Crippen molar-refractivity contribution in [3.05, 3.63) is 35.4 Å². The molecule has 20 heavy (non-hydrogen) atoms. The normalized spacial score (nSPS) is 9.55. The second-order valence-corrected chi connectivity index (χ2v) is 4.51. The van der Waals surface area contributed by atoms with Gasteiger partial charge in [-0.3, -0.25) is 4.79 Å². The van der Waals surface area contributed by atoms with Gasteiger partial charge in [0.1, 0.15) is 6.61 Å². The van der Waals surface area contributed by atoms with Gasteiger partial charge in [0.25, 0.3) is 5.91 Å². The molecule has 1 N–H and O–H groups in total. The van der Waals surface area contributed by atoms with Crippen molar-refractivity contribution in [3.8, 4) is 17.9 Å². The Morgan fingerprint density at radius 1 is 1.40 bits per heavy atom. The number of carbonyl (C=O) groups is 1. The largest absolute Gasteiger partial charge is 0.384 e. The third-order valence-corrected chi connectivity index (χ3v) is 2.81. The predicted octanol–water partition coefficient (Wildman–Crippen LogP) is 1.79. The molecule has 0 saturated carbocycles. The first-order chi connectivity index (χ1) is 9.61. The quantitative estimate of drug-likeness (QED) is 0.848. The minimum Gasteiger partial charge on any atom is -0.384 e. The summed E-state index contributed by atoms with van der Waals surface area (Å²) in [4.78, 5) is 14.2. The fourth-order valence-corrected chi connectivity index (χ4v) is 1.83. The molecule has 0 bridgehead atoms. The van der Waals surface area contributed by atoms with Crippen molar-refractivity contribution in [2.45, 2.75) is 26.3 Å². The van der Waals surface area contributed by atoms with Crippen LogP contribution in [0, 0.1) is 23.2 Å². The van der Waals surface area contributed by atoms with Crippen molar-refractivity contribution in [3.63, 3.8) is 0 Å². The maximum atomic E-state index is 12.6. The van der Waals surface area contributed by atoms with E-state index in [4.69, 9.17) is 10.4 Å². The maximum absolute atomic E-state index is 12.6. The average molecular weight is 270 g/mol. The minimum atomic E-state index is -0.245.